The van der Waals surface area contributed by atoms with Crippen LogP contribution in [0.25, 0.3) is 0 Å². The minimum atomic E-state index is 0.329. The molecule has 0 aliphatic rings. The third-order valence-electron chi connectivity index (χ3n) is 4.08. The van der Waals surface area contributed by atoms with E-state index >= 15 is 0 Å². The molecule has 2 aromatic carbocycles. The Morgan fingerprint density at radius 1 is 0.818 bits per heavy atom. The summed E-state index contributed by atoms with van der Waals surface area (Å²) in [6.07, 6.45) is 1.02. The molecule has 0 radical (unpaired) electrons. The molecule has 0 saturated carbocycles. The van der Waals surface area contributed by atoms with Gasteiger partial charge in [0.25, 0.3) is 0 Å². The lowest BCUT2D eigenvalue weighted by Crippen LogP contribution is -2.15. The maximum Gasteiger partial charge on any atom is 0.118 e. The van der Waals surface area contributed by atoms with Crippen LogP contribution in [0.15, 0.2) is 48.5 Å². The van der Waals surface area contributed by atoms with Crippen LogP contribution in [0.5, 0.6) is 11.5 Å². The van der Waals surface area contributed by atoms with E-state index in [0.717, 1.165) is 17.9 Å². The normalized spacial score (nSPS) is 12.2. The minimum Gasteiger partial charge on any atom is -0.497 e. The van der Waals surface area contributed by atoms with Gasteiger partial charge in [0.15, 0.2) is 0 Å². The van der Waals surface area contributed by atoms with E-state index in [4.69, 9.17) is 15.2 Å². The molecule has 2 N–H and O–H groups in total. The quantitative estimate of drug-likeness (QED) is 0.845. The molecule has 0 aliphatic carbocycles. The fourth-order valence-corrected chi connectivity index (χ4v) is 2.64. The van der Waals surface area contributed by atoms with E-state index in [1.807, 2.05) is 24.3 Å². The first kappa shape index (κ1) is 16.4. The minimum absolute atomic E-state index is 0.329. The van der Waals surface area contributed by atoms with Crippen LogP contribution in [0, 0.1) is 5.92 Å². The van der Waals surface area contributed by atoms with Crippen molar-refractivity contribution in [2.45, 2.75) is 19.3 Å². The van der Waals surface area contributed by atoms with Gasteiger partial charge in [-0.1, -0.05) is 31.2 Å². The number of benzene rings is 2. The Labute approximate surface area is 133 Å². The zero-order valence-electron chi connectivity index (χ0n) is 13.6. The first-order valence-electron chi connectivity index (χ1n) is 7.66. The summed E-state index contributed by atoms with van der Waals surface area (Å²) >= 11 is 0. The fourth-order valence-electron chi connectivity index (χ4n) is 2.64. The van der Waals surface area contributed by atoms with Gasteiger partial charge in [0.05, 0.1) is 14.2 Å². The zero-order valence-corrected chi connectivity index (χ0v) is 13.6. The third kappa shape index (κ3) is 4.01. The molecule has 0 aromatic heterocycles. The summed E-state index contributed by atoms with van der Waals surface area (Å²) in [6.45, 7) is 2.89. The van der Waals surface area contributed by atoms with E-state index < -0.39 is 0 Å². The van der Waals surface area contributed by atoms with E-state index in [9.17, 15) is 0 Å². The highest BCUT2D eigenvalue weighted by Crippen LogP contribution is 2.32. The van der Waals surface area contributed by atoms with Crippen molar-refractivity contribution in [1.82, 2.24) is 0 Å². The van der Waals surface area contributed by atoms with Crippen molar-refractivity contribution in [3.05, 3.63) is 59.7 Å². The molecule has 0 fully saturated rings. The summed E-state index contributed by atoms with van der Waals surface area (Å²) < 4.78 is 10.5. The second-order valence-electron chi connectivity index (χ2n) is 5.68. The van der Waals surface area contributed by atoms with Crippen LogP contribution in [-0.2, 0) is 0 Å². The molecule has 1 unspecified atom stereocenters. The van der Waals surface area contributed by atoms with E-state index in [0.29, 0.717) is 18.4 Å². The predicted molar refractivity (Wildman–Crippen MR) is 90.7 cm³/mol. The summed E-state index contributed by atoms with van der Waals surface area (Å²) in [5.74, 6) is 2.55. The van der Waals surface area contributed by atoms with Crippen LogP contribution in [0.1, 0.15) is 30.4 Å². The van der Waals surface area contributed by atoms with E-state index in [-0.39, 0.29) is 0 Å². The van der Waals surface area contributed by atoms with Crippen molar-refractivity contribution in [3.8, 4) is 11.5 Å². The summed E-state index contributed by atoms with van der Waals surface area (Å²) in [7, 11) is 3.37. The van der Waals surface area contributed by atoms with Gasteiger partial charge in [0.1, 0.15) is 11.5 Å². The van der Waals surface area contributed by atoms with Crippen molar-refractivity contribution in [1.29, 1.82) is 0 Å². The summed E-state index contributed by atoms with van der Waals surface area (Å²) in [6, 6.07) is 16.6. The van der Waals surface area contributed by atoms with Crippen LogP contribution < -0.4 is 15.2 Å². The second kappa shape index (κ2) is 7.85. The first-order chi connectivity index (χ1) is 10.7. The molecule has 0 aliphatic heterocycles. The SMILES string of the molecule is COc1ccc(C(CC(C)CN)c2ccc(OC)cc2)cc1. The topological polar surface area (TPSA) is 44.5 Å². The molecule has 22 heavy (non-hydrogen) atoms. The number of ether oxygens (including phenoxy) is 2. The summed E-state index contributed by atoms with van der Waals surface area (Å²) in [5, 5.41) is 0. The van der Waals surface area contributed by atoms with Crippen LogP contribution >= 0.6 is 0 Å². The first-order valence-corrected chi connectivity index (χ1v) is 7.66. The number of nitrogens with two attached hydrogens (primary N) is 1. The Hall–Kier alpha value is -2.00. The van der Waals surface area contributed by atoms with Crippen molar-refractivity contribution >= 4 is 0 Å². The van der Waals surface area contributed by atoms with E-state index in [1.165, 1.54) is 11.1 Å². The largest absolute Gasteiger partial charge is 0.497 e. The number of hydrogen-bond acceptors (Lipinski definition) is 3. The fraction of sp³-hybridized carbons (Fsp3) is 0.368. The van der Waals surface area contributed by atoms with Gasteiger partial charge in [-0.25, -0.2) is 0 Å². The highest BCUT2D eigenvalue weighted by Gasteiger charge is 2.17. The predicted octanol–water partition coefficient (Wildman–Crippen LogP) is 3.82. The van der Waals surface area contributed by atoms with Gasteiger partial charge in [-0.3, -0.25) is 0 Å². The Morgan fingerprint density at radius 3 is 1.55 bits per heavy atom. The van der Waals surface area contributed by atoms with Crippen molar-refractivity contribution in [3.63, 3.8) is 0 Å². The van der Waals surface area contributed by atoms with Crippen LogP contribution in [0.2, 0.25) is 0 Å². The third-order valence-corrected chi connectivity index (χ3v) is 4.08. The highest BCUT2D eigenvalue weighted by atomic mass is 16.5. The monoisotopic (exact) mass is 299 g/mol. The molecular formula is C19H25NO2. The summed E-state index contributed by atoms with van der Waals surface area (Å²) in [5.41, 5.74) is 8.39. The highest BCUT2D eigenvalue weighted by molar-refractivity contribution is 5.38. The van der Waals surface area contributed by atoms with Gasteiger partial charge in [0.2, 0.25) is 0 Å². The number of rotatable bonds is 7. The maximum absolute atomic E-state index is 5.83. The standard InChI is InChI=1S/C19H25NO2/c1-14(13-20)12-19(15-4-8-17(21-2)9-5-15)16-6-10-18(22-3)11-7-16/h4-11,14,19H,12-13,20H2,1-3H3. The molecule has 3 nitrogen and oxygen atoms in total. The molecule has 0 saturated heterocycles. The molecule has 2 rings (SSSR count). The number of methoxy groups -OCH3 is 2. The molecule has 0 bridgehead atoms. The van der Waals surface area contributed by atoms with E-state index in [1.54, 1.807) is 14.2 Å². The van der Waals surface area contributed by atoms with Crippen molar-refractivity contribution in [2.75, 3.05) is 20.8 Å². The Morgan fingerprint density at radius 2 is 1.23 bits per heavy atom. The van der Waals surface area contributed by atoms with Gasteiger partial charge in [-0.05, 0) is 54.3 Å². The number of hydrogen-bond donors (Lipinski definition) is 1. The Kier molecular flexibility index (Phi) is 5.84. The average Bonchev–Trinajstić information content (AvgIpc) is 2.59. The lowest BCUT2D eigenvalue weighted by molar-refractivity contribution is 0.414. The molecular weight excluding hydrogens is 274 g/mol. The molecule has 0 spiro atoms. The van der Waals surface area contributed by atoms with Crippen molar-refractivity contribution in [2.24, 2.45) is 11.7 Å². The lowest BCUT2D eigenvalue weighted by atomic mass is 9.84. The Bertz CT molecular complexity index is 515. The second-order valence-corrected chi connectivity index (χ2v) is 5.68. The average molecular weight is 299 g/mol. The summed E-state index contributed by atoms with van der Waals surface area (Å²) in [4.78, 5) is 0. The zero-order chi connectivity index (χ0) is 15.9. The van der Waals surface area contributed by atoms with Crippen LogP contribution in [0.3, 0.4) is 0 Å². The lowest BCUT2D eigenvalue weighted by Gasteiger charge is -2.22. The van der Waals surface area contributed by atoms with Gasteiger partial charge in [-0.2, -0.15) is 0 Å². The molecule has 0 heterocycles. The van der Waals surface area contributed by atoms with E-state index in [2.05, 4.69) is 31.2 Å². The Balaban J connectivity index is 2.31. The van der Waals surface area contributed by atoms with Gasteiger partial charge in [-0.15, -0.1) is 0 Å². The van der Waals surface area contributed by atoms with Gasteiger partial charge >= 0.3 is 0 Å². The molecule has 2 aromatic rings. The van der Waals surface area contributed by atoms with Crippen LogP contribution in [0.4, 0.5) is 0 Å². The maximum atomic E-state index is 5.83. The van der Waals surface area contributed by atoms with Crippen LogP contribution in [-0.4, -0.2) is 20.8 Å². The molecule has 118 valence electrons. The van der Waals surface area contributed by atoms with Gasteiger partial charge < -0.3 is 15.2 Å². The smallest absolute Gasteiger partial charge is 0.118 e. The van der Waals surface area contributed by atoms with Crippen molar-refractivity contribution < 1.29 is 9.47 Å². The van der Waals surface area contributed by atoms with Gasteiger partial charge in [0, 0.05) is 5.92 Å². The molecule has 0 amide bonds. The molecule has 1 atom stereocenters. The molecule has 3 heteroatoms.